The van der Waals surface area contributed by atoms with Crippen LogP contribution in [0, 0.1) is 3.57 Å². The molecule has 0 aliphatic heterocycles. The fourth-order valence-electron chi connectivity index (χ4n) is 1.81. The predicted octanol–water partition coefficient (Wildman–Crippen LogP) is 1.81. The molecule has 0 spiro atoms. The van der Waals surface area contributed by atoms with E-state index in [9.17, 15) is 4.79 Å². The van der Waals surface area contributed by atoms with Crippen molar-refractivity contribution in [2.75, 3.05) is 52.7 Å². The fourth-order valence-corrected chi connectivity index (χ4v) is 2.17. The average Bonchev–Trinajstić information content (AvgIpc) is 2.59. The molecule has 0 aliphatic rings. The molecule has 1 aromatic carbocycles. The standard InChI is InChI=1S/C17H27IN2O4/c18-16-5-3-15(4-6-16)17(21)20-8-2-10-23-12-14-24-13-11-22-9-1-7-19/h3-6H,1-2,7-14,19H2,(H,20,21). The maximum absolute atomic E-state index is 11.9. The van der Waals surface area contributed by atoms with Crippen molar-refractivity contribution in [1.29, 1.82) is 0 Å². The van der Waals surface area contributed by atoms with Gasteiger partial charge in [-0.3, -0.25) is 4.79 Å². The summed E-state index contributed by atoms with van der Waals surface area (Å²) in [4.78, 5) is 11.9. The van der Waals surface area contributed by atoms with E-state index in [-0.39, 0.29) is 5.91 Å². The van der Waals surface area contributed by atoms with Gasteiger partial charge in [-0.05, 0) is 66.2 Å². The van der Waals surface area contributed by atoms with Crippen LogP contribution in [0.3, 0.4) is 0 Å². The second-order valence-corrected chi connectivity index (χ2v) is 6.34. The minimum atomic E-state index is -0.0515. The van der Waals surface area contributed by atoms with E-state index < -0.39 is 0 Å². The van der Waals surface area contributed by atoms with Crippen LogP contribution in [0.2, 0.25) is 0 Å². The second kappa shape index (κ2) is 14.6. The Kier molecular flexibility index (Phi) is 13.0. The first-order valence-corrected chi connectivity index (χ1v) is 9.29. The van der Waals surface area contributed by atoms with Crippen LogP contribution in [0.25, 0.3) is 0 Å². The predicted molar refractivity (Wildman–Crippen MR) is 102 cm³/mol. The minimum Gasteiger partial charge on any atom is -0.379 e. The molecule has 0 saturated heterocycles. The van der Waals surface area contributed by atoms with Crippen LogP contribution in [0.5, 0.6) is 0 Å². The number of amides is 1. The molecule has 0 radical (unpaired) electrons. The zero-order chi connectivity index (χ0) is 17.5. The molecule has 1 amide bonds. The first-order chi connectivity index (χ1) is 11.7. The number of ether oxygens (including phenoxy) is 3. The van der Waals surface area contributed by atoms with E-state index in [0.717, 1.165) is 16.4 Å². The molecule has 0 saturated carbocycles. The van der Waals surface area contributed by atoms with E-state index in [2.05, 4.69) is 27.9 Å². The molecule has 7 heteroatoms. The highest BCUT2D eigenvalue weighted by atomic mass is 127. The van der Waals surface area contributed by atoms with Crippen LogP contribution in [0.4, 0.5) is 0 Å². The Balaban J connectivity index is 1.87. The number of carbonyl (C=O) groups is 1. The van der Waals surface area contributed by atoms with Crippen LogP contribution >= 0.6 is 22.6 Å². The fraction of sp³-hybridized carbons (Fsp3) is 0.588. The SMILES string of the molecule is NCCCOCCOCCOCCCNC(=O)c1ccc(I)cc1. The summed E-state index contributed by atoms with van der Waals surface area (Å²) in [6.07, 6.45) is 1.65. The van der Waals surface area contributed by atoms with Crippen LogP contribution in [0.1, 0.15) is 23.2 Å². The molecule has 0 fully saturated rings. The Morgan fingerprint density at radius 1 is 0.917 bits per heavy atom. The summed E-state index contributed by atoms with van der Waals surface area (Å²) in [7, 11) is 0. The number of halogens is 1. The van der Waals surface area contributed by atoms with Crippen LogP contribution in [-0.4, -0.2) is 58.6 Å². The molecular formula is C17H27IN2O4. The Hall–Kier alpha value is -0.740. The molecule has 3 N–H and O–H groups in total. The van der Waals surface area contributed by atoms with Crippen LogP contribution in [-0.2, 0) is 14.2 Å². The number of carbonyl (C=O) groups excluding carboxylic acids is 1. The molecular weight excluding hydrogens is 423 g/mol. The van der Waals surface area contributed by atoms with Crippen molar-refractivity contribution in [2.24, 2.45) is 5.73 Å². The monoisotopic (exact) mass is 450 g/mol. The third kappa shape index (κ3) is 10.9. The Morgan fingerprint density at radius 3 is 2.04 bits per heavy atom. The molecule has 0 bridgehead atoms. The summed E-state index contributed by atoms with van der Waals surface area (Å²) in [5.74, 6) is -0.0515. The van der Waals surface area contributed by atoms with E-state index in [1.807, 2.05) is 24.3 Å². The van der Waals surface area contributed by atoms with Gasteiger partial charge in [0.2, 0.25) is 0 Å². The summed E-state index contributed by atoms with van der Waals surface area (Å²) in [5.41, 5.74) is 6.04. The topological polar surface area (TPSA) is 82.8 Å². The molecule has 0 atom stereocenters. The highest BCUT2D eigenvalue weighted by molar-refractivity contribution is 14.1. The van der Waals surface area contributed by atoms with Gasteiger partial charge < -0.3 is 25.3 Å². The summed E-state index contributed by atoms with van der Waals surface area (Å²) < 4.78 is 17.2. The lowest BCUT2D eigenvalue weighted by Crippen LogP contribution is -2.25. The second-order valence-electron chi connectivity index (χ2n) is 5.10. The zero-order valence-corrected chi connectivity index (χ0v) is 16.1. The number of hydrogen-bond acceptors (Lipinski definition) is 5. The number of hydrogen-bond donors (Lipinski definition) is 2. The highest BCUT2D eigenvalue weighted by Crippen LogP contribution is 2.06. The lowest BCUT2D eigenvalue weighted by atomic mass is 10.2. The molecule has 0 aromatic heterocycles. The van der Waals surface area contributed by atoms with E-state index in [4.69, 9.17) is 19.9 Å². The quantitative estimate of drug-likeness (QED) is 0.334. The Morgan fingerprint density at radius 2 is 1.46 bits per heavy atom. The first-order valence-electron chi connectivity index (χ1n) is 8.21. The van der Waals surface area contributed by atoms with Crippen LogP contribution < -0.4 is 11.1 Å². The van der Waals surface area contributed by atoms with Gasteiger partial charge in [0.15, 0.2) is 0 Å². The average molecular weight is 450 g/mol. The molecule has 0 unspecified atom stereocenters. The normalized spacial score (nSPS) is 10.8. The van der Waals surface area contributed by atoms with Crippen molar-refractivity contribution >= 4 is 28.5 Å². The van der Waals surface area contributed by atoms with Gasteiger partial charge in [0.1, 0.15) is 0 Å². The van der Waals surface area contributed by atoms with Gasteiger partial charge in [-0.2, -0.15) is 0 Å². The van der Waals surface area contributed by atoms with E-state index >= 15 is 0 Å². The molecule has 6 nitrogen and oxygen atoms in total. The van der Waals surface area contributed by atoms with Crippen molar-refractivity contribution < 1.29 is 19.0 Å². The van der Waals surface area contributed by atoms with Crippen LogP contribution in [0.15, 0.2) is 24.3 Å². The number of nitrogens with two attached hydrogens (primary N) is 1. The molecule has 1 aromatic rings. The van der Waals surface area contributed by atoms with E-state index in [1.54, 1.807) is 0 Å². The molecule has 1 rings (SSSR count). The lowest BCUT2D eigenvalue weighted by molar-refractivity contribution is 0.0141. The minimum absolute atomic E-state index is 0.0515. The Labute approximate surface area is 157 Å². The van der Waals surface area contributed by atoms with Gasteiger partial charge in [0, 0.05) is 28.9 Å². The maximum Gasteiger partial charge on any atom is 0.251 e. The number of benzene rings is 1. The summed E-state index contributed by atoms with van der Waals surface area (Å²) in [6, 6.07) is 7.49. The van der Waals surface area contributed by atoms with Crippen molar-refractivity contribution in [2.45, 2.75) is 12.8 Å². The Bertz CT molecular complexity index is 443. The molecule has 0 aliphatic carbocycles. The van der Waals surface area contributed by atoms with Gasteiger partial charge >= 0.3 is 0 Å². The maximum atomic E-state index is 11.9. The van der Waals surface area contributed by atoms with Gasteiger partial charge in [-0.25, -0.2) is 0 Å². The summed E-state index contributed by atoms with van der Waals surface area (Å²) in [6.45, 7) is 4.79. The highest BCUT2D eigenvalue weighted by Gasteiger charge is 2.03. The van der Waals surface area contributed by atoms with Gasteiger partial charge in [-0.15, -0.1) is 0 Å². The van der Waals surface area contributed by atoms with Crippen molar-refractivity contribution in [3.8, 4) is 0 Å². The molecule has 24 heavy (non-hydrogen) atoms. The largest absolute Gasteiger partial charge is 0.379 e. The van der Waals surface area contributed by atoms with Gasteiger partial charge in [0.05, 0.1) is 26.4 Å². The lowest BCUT2D eigenvalue weighted by Gasteiger charge is -2.07. The van der Waals surface area contributed by atoms with Gasteiger partial charge in [0.25, 0.3) is 5.91 Å². The summed E-state index contributed by atoms with van der Waals surface area (Å²) in [5, 5.41) is 2.88. The number of rotatable bonds is 14. The van der Waals surface area contributed by atoms with Crippen molar-refractivity contribution in [3.05, 3.63) is 33.4 Å². The smallest absolute Gasteiger partial charge is 0.251 e. The molecule has 136 valence electrons. The third-order valence-corrected chi connectivity index (χ3v) is 3.81. The zero-order valence-electron chi connectivity index (χ0n) is 14.0. The summed E-state index contributed by atoms with van der Waals surface area (Å²) >= 11 is 2.21. The number of nitrogens with one attached hydrogen (secondary N) is 1. The molecule has 0 heterocycles. The van der Waals surface area contributed by atoms with Gasteiger partial charge in [-0.1, -0.05) is 0 Å². The van der Waals surface area contributed by atoms with Crippen molar-refractivity contribution in [1.82, 2.24) is 5.32 Å². The first kappa shape index (κ1) is 21.3. The van der Waals surface area contributed by atoms with E-state index in [1.165, 1.54) is 0 Å². The van der Waals surface area contributed by atoms with Crippen molar-refractivity contribution in [3.63, 3.8) is 0 Å². The third-order valence-electron chi connectivity index (χ3n) is 3.09. The van der Waals surface area contributed by atoms with E-state index in [0.29, 0.717) is 58.3 Å².